The van der Waals surface area contributed by atoms with Crippen LogP contribution in [-0.2, 0) is 17.0 Å². The molecule has 0 N–H and O–H groups in total. The Bertz CT molecular complexity index is 67.3. The van der Waals surface area contributed by atoms with Crippen LogP contribution in [0.25, 0.3) is 0 Å². The Kier molecular flexibility index (Phi) is 60.4. The van der Waals surface area contributed by atoms with Crippen molar-refractivity contribution in [2.75, 3.05) is 0 Å². The standard InChI is InChI=1S/C4H4N.2C2H6.V/c1-3-4-5-2;2*1-2;/h1-4H;2*1-2H3;/q-1;;;. The van der Waals surface area contributed by atoms with Gasteiger partial charge in [0.25, 0.3) is 0 Å². The summed E-state index contributed by atoms with van der Waals surface area (Å²) >= 11 is 2.21. The molecule has 0 heterocycles. The van der Waals surface area contributed by atoms with Crippen LogP contribution in [0.4, 0.5) is 0 Å². The van der Waals surface area contributed by atoms with Crippen molar-refractivity contribution in [2.45, 2.75) is 27.7 Å². The number of nitrogens with zero attached hydrogens (tertiary/aromatic N) is 1. The van der Waals surface area contributed by atoms with Gasteiger partial charge in [0.1, 0.15) is 0 Å². The maximum atomic E-state index is 4.91. The van der Waals surface area contributed by atoms with Gasteiger partial charge in [-0.1, -0.05) is 27.7 Å². The molecule has 0 aromatic carbocycles. The Labute approximate surface area is 73.7 Å². The summed E-state index contributed by atoms with van der Waals surface area (Å²) in [5, 5.41) is 0. The van der Waals surface area contributed by atoms with Crippen LogP contribution in [0.2, 0.25) is 0 Å². The third-order valence-electron chi connectivity index (χ3n) is 0.239. The van der Waals surface area contributed by atoms with Crippen LogP contribution in [-0.4, -0.2) is 11.1 Å². The van der Waals surface area contributed by atoms with Gasteiger partial charge in [-0.05, 0) is 0 Å². The zero-order valence-electron chi connectivity index (χ0n) is 7.20. The van der Waals surface area contributed by atoms with Gasteiger partial charge in [0.15, 0.2) is 0 Å². The number of hydrogen-bond acceptors (Lipinski definition) is 1. The van der Waals surface area contributed by atoms with Crippen molar-refractivity contribution >= 4 is 11.1 Å². The molecule has 2 heteroatoms. The average molecular weight is 177 g/mol. The van der Waals surface area contributed by atoms with Crippen LogP contribution >= 0.6 is 0 Å². The van der Waals surface area contributed by atoms with E-state index < -0.39 is 0 Å². The summed E-state index contributed by atoms with van der Waals surface area (Å²) in [6.07, 6.45) is 2.89. The van der Waals surface area contributed by atoms with E-state index in [9.17, 15) is 0 Å². The van der Waals surface area contributed by atoms with E-state index in [-0.39, 0.29) is 0 Å². The van der Waals surface area contributed by atoms with Crippen LogP contribution in [0.3, 0.4) is 0 Å². The summed E-state index contributed by atoms with van der Waals surface area (Å²) in [5.74, 6) is 0. The fourth-order valence-corrected chi connectivity index (χ4v) is 0.208. The fourth-order valence-electron chi connectivity index (χ4n) is 0.0882. The quantitative estimate of drug-likeness (QED) is 0.453. The van der Waals surface area contributed by atoms with Gasteiger partial charge in [0.2, 0.25) is 0 Å². The average Bonchev–Trinajstić information content (AvgIpc) is 2.08. The van der Waals surface area contributed by atoms with E-state index in [1.807, 2.05) is 27.7 Å². The van der Waals surface area contributed by atoms with Crippen molar-refractivity contribution in [2.24, 2.45) is 4.99 Å². The van der Waals surface area contributed by atoms with Crippen molar-refractivity contribution in [3.8, 4) is 0 Å². The molecular formula is C8H16NV-. The second-order valence-electron chi connectivity index (χ2n) is 0.606. The third-order valence-corrected chi connectivity index (χ3v) is 0.447. The minimum atomic E-state index is 1.38. The molecule has 0 saturated heterocycles. The van der Waals surface area contributed by atoms with Gasteiger partial charge in [0.05, 0.1) is 0 Å². The summed E-state index contributed by atoms with van der Waals surface area (Å²) in [6.45, 7) is 12.9. The second-order valence-corrected chi connectivity index (χ2v) is 0.967. The molecule has 0 fully saturated rings. The first-order chi connectivity index (χ1) is 4.91. The molecule has 0 unspecified atom stereocenters. The molecule has 0 spiro atoms. The number of allylic oxidation sites excluding steroid dienone is 1. The molecule has 0 atom stereocenters. The predicted molar refractivity (Wildman–Crippen MR) is 46.1 cm³/mol. The van der Waals surface area contributed by atoms with Crippen molar-refractivity contribution in [1.29, 1.82) is 0 Å². The SMILES string of the molecule is CC.CC.[CH-]=CC=N[CH]=[V]. The van der Waals surface area contributed by atoms with Crippen LogP contribution in [0.5, 0.6) is 0 Å². The molecule has 0 radical (unpaired) electrons. The first kappa shape index (κ1) is 16.4. The number of aliphatic imine (C=N–C) groups is 1. The summed E-state index contributed by atoms with van der Waals surface area (Å²) in [4.78, 5) is 5.24. The van der Waals surface area contributed by atoms with E-state index in [0.29, 0.717) is 0 Å². The maximum absolute atomic E-state index is 4.91. The minimum absolute atomic E-state index is 1.38. The van der Waals surface area contributed by atoms with Crippen LogP contribution in [0.15, 0.2) is 11.1 Å². The first-order valence-corrected chi connectivity index (χ1v) is 4.25. The van der Waals surface area contributed by atoms with Crippen molar-refractivity contribution in [3.05, 3.63) is 12.7 Å². The third kappa shape index (κ3) is 45.2. The normalized spacial score (nSPS) is 6.30. The Morgan fingerprint density at radius 2 is 1.60 bits per heavy atom. The van der Waals surface area contributed by atoms with Gasteiger partial charge < -0.3 is 0 Å². The topological polar surface area (TPSA) is 12.4 Å². The molecule has 0 aromatic heterocycles. The van der Waals surface area contributed by atoms with Crippen molar-refractivity contribution < 1.29 is 17.0 Å². The Morgan fingerprint density at radius 3 is 1.70 bits per heavy atom. The van der Waals surface area contributed by atoms with E-state index in [1.165, 1.54) is 12.3 Å². The van der Waals surface area contributed by atoms with Crippen LogP contribution in [0, 0.1) is 6.58 Å². The molecule has 10 heavy (non-hydrogen) atoms. The fraction of sp³-hybridized carbons (Fsp3) is 0.500. The van der Waals surface area contributed by atoms with Crippen molar-refractivity contribution in [3.63, 3.8) is 0 Å². The Morgan fingerprint density at radius 1 is 1.20 bits per heavy atom. The molecular weight excluding hydrogens is 161 g/mol. The van der Waals surface area contributed by atoms with Gasteiger partial charge in [-0.15, -0.1) is 0 Å². The first-order valence-electron chi connectivity index (χ1n) is 3.44. The molecule has 0 bridgehead atoms. The molecule has 0 aliphatic rings. The molecule has 1 nitrogen and oxygen atoms in total. The van der Waals surface area contributed by atoms with Gasteiger partial charge in [-0.25, -0.2) is 0 Å². The molecule has 0 amide bonds. The van der Waals surface area contributed by atoms with E-state index >= 15 is 0 Å². The molecule has 0 saturated carbocycles. The monoisotopic (exact) mass is 177 g/mol. The Hall–Kier alpha value is -0.136. The summed E-state index contributed by atoms with van der Waals surface area (Å²) < 4.78 is 0. The molecule has 0 rings (SSSR count). The summed E-state index contributed by atoms with van der Waals surface area (Å²) in [5.41, 5.74) is 0. The zero-order chi connectivity index (χ0) is 8.83. The number of hydrogen-bond donors (Lipinski definition) is 0. The van der Waals surface area contributed by atoms with Crippen molar-refractivity contribution in [1.82, 2.24) is 0 Å². The second kappa shape index (κ2) is 36.7. The summed E-state index contributed by atoms with van der Waals surface area (Å²) in [6, 6.07) is 0. The van der Waals surface area contributed by atoms with Gasteiger partial charge >= 0.3 is 45.7 Å². The van der Waals surface area contributed by atoms with Gasteiger partial charge in [-0.3, -0.25) is 0 Å². The summed E-state index contributed by atoms with van der Waals surface area (Å²) in [7, 11) is 0. The molecule has 0 aromatic rings. The molecule has 0 aliphatic carbocycles. The van der Waals surface area contributed by atoms with E-state index in [2.05, 4.69) is 22.0 Å². The van der Waals surface area contributed by atoms with Crippen LogP contribution < -0.4 is 0 Å². The van der Waals surface area contributed by atoms with E-state index in [4.69, 9.17) is 6.58 Å². The zero-order valence-corrected chi connectivity index (χ0v) is 8.60. The molecule has 59 valence electrons. The van der Waals surface area contributed by atoms with Gasteiger partial charge in [-0.2, -0.15) is 0 Å². The Balaban J connectivity index is -0.000000105. The van der Waals surface area contributed by atoms with Crippen LogP contribution in [0.1, 0.15) is 27.7 Å². The van der Waals surface area contributed by atoms with E-state index in [0.717, 1.165) is 0 Å². The number of rotatable bonds is 2. The van der Waals surface area contributed by atoms with E-state index in [1.54, 1.807) is 4.85 Å². The molecule has 0 aliphatic heterocycles. The van der Waals surface area contributed by atoms with Gasteiger partial charge in [0, 0.05) is 0 Å². The predicted octanol–water partition coefficient (Wildman–Crippen LogP) is 2.41.